The number of hydrogen-bond acceptors (Lipinski definition) is 5. The fourth-order valence-corrected chi connectivity index (χ4v) is 4.79. The molecule has 1 saturated carbocycles. The minimum Gasteiger partial charge on any atom is -0.466 e. The Kier molecular flexibility index (Phi) is 5.42. The van der Waals surface area contributed by atoms with Crippen LogP contribution in [-0.4, -0.2) is 17.9 Å². The molecule has 5 nitrogen and oxygen atoms in total. The van der Waals surface area contributed by atoms with Crippen LogP contribution < -0.4 is 5.32 Å². The number of aryl methyl sites for hydroxylation is 1. The highest BCUT2D eigenvalue weighted by Gasteiger charge is 2.45. The number of carbonyl (C=O) groups excluding carboxylic acids is 2. The third-order valence-electron chi connectivity index (χ3n) is 6.18. The number of furan rings is 1. The zero-order valence-electron chi connectivity index (χ0n) is 16.8. The Balaban J connectivity index is 1.69. The first-order chi connectivity index (χ1) is 13.5. The van der Waals surface area contributed by atoms with Gasteiger partial charge in [0, 0.05) is 17.8 Å². The molecule has 150 valence electrons. The number of rotatable bonds is 3. The highest BCUT2D eigenvalue weighted by atomic mass is 16.5. The number of allylic oxidation sites excluding steroid dienone is 3. The molecule has 1 fully saturated rings. The van der Waals surface area contributed by atoms with Gasteiger partial charge in [0.25, 0.3) is 0 Å². The molecule has 1 aromatic heterocycles. The quantitative estimate of drug-likeness (QED) is 0.606. The van der Waals surface area contributed by atoms with Gasteiger partial charge in [0.1, 0.15) is 23.4 Å². The van der Waals surface area contributed by atoms with E-state index in [1.165, 1.54) is 12.8 Å². The van der Waals surface area contributed by atoms with E-state index in [4.69, 9.17) is 9.15 Å². The molecular weight excluding hydrogens is 354 g/mol. The van der Waals surface area contributed by atoms with Crippen molar-refractivity contribution in [2.24, 2.45) is 5.92 Å². The highest BCUT2D eigenvalue weighted by Crippen LogP contribution is 2.44. The first-order valence-corrected chi connectivity index (χ1v) is 10.5. The van der Waals surface area contributed by atoms with E-state index in [0.717, 1.165) is 49.3 Å². The third kappa shape index (κ3) is 3.67. The Labute approximate surface area is 166 Å². The summed E-state index contributed by atoms with van der Waals surface area (Å²) in [5, 5.41) is 3.31. The Morgan fingerprint density at radius 3 is 2.54 bits per heavy atom. The van der Waals surface area contributed by atoms with E-state index in [2.05, 4.69) is 11.4 Å². The Hall–Kier alpha value is -2.30. The van der Waals surface area contributed by atoms with Gasteiger partial charge < -0.3 is 14.5 Å². The summed E-state index contributed by atoms with van der Waals surface area (Å²) >= 11 is 0. The first kappa shape index (κ1) is 19.0. The van der Waals surface area contributed by atoms with Crippen LogP contribution in [0.3, 0.4) is 0 Å². The second kappa shape index (κ2) is 7.98. The summed E-state index contributed by atoms with van der Waals surface area (Å²) in [5.41, 5.74) is 2.18. The average molecular weight is 383 g/mol. The van der Waals surface area contributed by atoms with Gasteiger partial charge in [0.15, 0.2) is 0 Å². The zero-order chi connectivity index (χ0) is 19.7. The minimum atomic E-state index is -0.424. The summed E-state index contributed by atoms with van der Waals surface area (Å²) in [5.74, 6) is 0.449. The van der Waals surface area contributed by atoms with Crippen LogP contribution in [0.2, 0.25) is 0 Å². The molecule has 5 heteroatoms. The monoisotopic (exact) mass is 383 g/mol. The summed E-state index contributed by atoms with van der Waals surface area (Å²) in [6, 6.07) is 3.77. The number of nitrogens with one attached hydrogen (secondary N) is 1. The molecule has 0 saturated heterocycles. The third-order valence-corrected chi connectivity index (χ3v) is 6.18. The number of hydrogen-bond donors (Lipinski definition) is 1. The molecule has 2 atom stereocenters. The lowest BCUT2D eigenvalue weighted by atomic mass is 9.73. The van der Waals surface area contributed by atoms with Crippen molar-refractivity contribution in [3.63, 3.8) is 0 Å². The van der Waals surface area contributed by atoms with Crippen LogP contribution >= 0.6 is 0 Å². The van der Waals surface area contributed by atoms with Crippen LogP contribution in [-0.2, 0) is 14.3 Å². The van der Waals surface area contributed by atoms with Gasteiger partial charge in [-0.05, 0) is 58.1 Å². The van der Waals surface area contributed by atoms with E-state index in [1.807, 2.05) is 26.0 Å². The predicted octanol–water partition coefficient (Wildman–Crippen LogP) is 4.68. The van der Waals surface area contributed by atoms with Gasteiger partial charge in [-0.25, -0.2) is 4.79 Å². The normalized spacial score (nSPS) is 26.2. The fraction of sp³-hybridized carbons (Fsp3) is 0.565. The molecule has 4 rings (SSSR count). The number of carbonyl (C=O) groups is 2. The molecular formula is C23H29NO4. The molecule has 2 unspecified atom stereocenters. The lowest BCUT2D eigenvalue weighted by Crippen LogP contribution is -2.41. The van der Waals surface area contributed by atoms with Gasteiger partial charge in [-0.3, -0.25) is 4.79 Å². The average Bonchev–Trinajstić information content (AvgIpc) is 2.92. The lowest BCUT2D eigenvalue weighted by molar-refractivity contribution is -0.145. The fourth-order valence-electron chi connectivity index (χ4n) is 4.79. The zero-order valence-corrected chi connectivity index (χ0v) is 16.8. The van der Waals surface area contributed by atoms with Gasteiger partial charge in [-0.1, -0.05) is 18.9 Å². The predicted molar refractivity (Wildman–Crippen MR) is 105 cm³/mol. The summed E-state index contributed by atoms with van der Waals surface area (Å²) in [6.07, 6.45) is 9.72. The Morgan fingerprint density at radius 1 is 1.11 bits per heavy atom. The smallest absolute Gasteiger partial charge is 0.336 e. The van der Waals surface area contributed by atoms with E-state index in [0.29, 0.717) is 17.8 Å². The van der Waals surface area contributed by atoms with Crippen LogP contribution in [0.4, 0.5) is 0 Å². The Morgan fingerprint density at radius 2 is 1.86 bits per heavy atom. The summed E-state index contributed by atoms with van der Waals surface area (Å²) < 4.78 is 11.9. The van der Waals surface area contributed by atoms with Crippen molar-refractivity contribution in [3.8, 4) is 0 Å². The van der Waals surface area contributed by atoms with Crippen molar-refractivity contribution in [2.75, 3.05) is 0 Å². The van der Waals surface area contributed by atoms with E-state index < -0.39 is 11.8 Å². The summed E-state index contributed by atoms with van der Waals surface area (Å²) in [4.78, 5) is 26.1. The van der Waals surface area contributed by atoms with Crippen LogP contribution in [0.25, 0.3) is 0 Å². The summed E-state index contributed by atoms with van der Waals surface area (Å²) in [6.45, 7) is 3.77. The lowest BCUT2D eigenvalue weighted by Gasteiger charge is -2.37. The number of esters is 1. The molecule has 1 aliphatic heterocycles. The van der Waals surface area contributed by atoms with E-state index in [1.54, 1.807) is 0 Å². The second-order valence-corrected chi connectivity index (χ2v) is 8.25. The van der Waals surface area contributed by atoms with Gasteiger partial charge in [-0.15, -0.1) is 0 Å². The van der Waals surface area contributed by atoms with Crippen molar-refractivity contribution in [3.05, 3.63) is 46.7 Å². The van der Waals surface area contributed by atoms with Crippen LogP contribution in [0.5, 0.6) is 0 Å². The van der Waals surface area contributed by atoms with E-state index >= 15 is 0 Å². The van der Waals surface area contributed by atoms with Crippen molar-refractivity contribution >= 4 is 11.8 Å². The van der Waals surface area contributed by atoms with Crippen molar-refractivity contribution in [1.82, 2.24) is 5.32 Å². The molecule has 0 bridgehead atoms. The molecule has 1 N–H and O–H groups in total. The van der Waals surface area contributed by atoms with E-state index in [-0.39, 0.29) is 17.9 Å². The van der Waals surface area contributed by atoms with Crippen LogP contribution in [0.1, 0.15) is 75.7 Å². The summed E-state index contributed by atoms with van der Waals surface area (Å²) in [7, 11) is 0. The van der Waals surface area contributed by atoms with Crippen LogP contribution in [0, 0.1) is 12.8 Å². The van der Waals surface area contributed by atoms with Crippen molar-refractivity contribution in [2.45, 2.75) is 77.2 Å². The number of ether oxygens (including phenoxy) is 1. The van der Waals surface area contributed by atoms with Crippen molar-refractivity contribution in [1.29, 1.82) is 0 Å². The standard InChI is InChI=1S/C23H29NO4/c1-14-12-13-19(27-14)22-20(23(26)28-16-8-5-3-4-6-9-16)15(2)24-17-10-7-11-18(25)21(17)22/h10,12-13,16,21-22,24H,3-9,11H2,1-2H3. The van der Waals surface area contributed by atoms with Crippen LogP contribution in [0.15, 0.2) is 39.6 Å². The maximum atomic E-state index is 13.3. The van der Waals surface area contributed by atoms with Gasteiger partial charge in [-0.2, -0.15) is 0 Å². The molecule has 0 aromatic carbocycles. The van der Waals surface area contributed by atoms with Gasteiger partial charge >= 0.3 is 5.97 Å². The molecule has 0 spiro atoms. The molecule has 0 radical (unpaired) electrons. The molecule has 0 amide bonds. The second-order valence-electron chi connectivity index (χ2n) is 8.25. The molecule has 1 aromatic rings. The van der Waals surface area contributed by atoms with E-state index in [9.17, 15) is 9.59 Å². The SMILES string of the molecule is CC1=C(C(=O)OC2CCCCCC2)C(c2ccc(C)o2)C2C(=O)CCC=C2N1. The van der Waals surface area contributed by atoms with Gasteiger partial charge in [0.2, 0.25) is 0 Å². The molecule has 2 aliphatic carbocycles. The topological polar surface area (TPSA) is 68.5 Å². The molecule has 28 heavy (non-hydrogen) atoms. The van der Waals surface area contributed by atoms with Gasteiger partial charge in [0.05, 0.1) is 17.4 Å². The maximum absolute atomic E-state index is 13.3. The number of Topliss-reactive ketones (excluding diaryl/α,β-unsaturated/α-hetero) is 1. The largest absolute Gasteiger partial charge is 0.466 e. The minimum absolute atomic E-state index is 0.0340. The maximum Gasteiger partial charge on any atom is 0.336 e. The number of ketones is 1. The highest BCUT2D eigenvalue weighted by molar-refractivity contribution is 5.96. The van der Waals surface area contributed by atoms with Crippen molar-refractivity contribution < 1.29 is 18.7 Å². The molecule has 2 heterocycles. The Bertz CT molecular complexity index is 823. The number of fused-ring (bicyclic) bond motifs is 1. The first-order valence-electron chi connectivity index (χ1n) is 10.5. The molecule has 3 aliphatic rings.